The molecule has 4 aliphatic carbocycles. The molecule has 6 rings (SSSR count). The molecule has 2 aliphatic heterocycles. The summed E-state index contributed by atoms with van der Waals surface area (Å²) in [5, 5.41) is 10.3. The zero-order valence-electron chi connectivity index (χ0n) is 19.8. The van der Waals surface area contributed by atoms with Crippen LogP contribution in [0.15, 0.2) is 11.1 Å². The van der Waals surface area contributed by atoms with E-state index in [9.17, 15) is 9.90 Å². The van der Waals surface area contributed by atoms with Gasteiger partial charge >= 0.3 is 0 Å². The number of ketones is 1. The molecule has 0 radical (unpaired) electrons. The van der Waals surface area contributed by atoms with Crippen molar-refractivity contribution in [2.45, 2.75) is 103 Å². The standard InChI is InChI=1S/C27H40O4/c1-15-7-10-27(30-14-15)16(2)23-22(31-27)12-20-19-6-5-17-11-18(28)8-9-25(17,3)24(19)21(29)13-26(20,23)4/h15-18,20,22-23,28H,5-14H2,1-4H3/t15?,16-,17?,18?,20-,22-,23-,25-,26-,27+/m0/s1. The van der Waals surface area contributed by atoms with Gasteiger partial charge in [-0.05, 0) is 79.4 Å². The van der Waals surface area contributed by atoms with Crippen LogP contribution in [0.5, 0.6) is 0 Å². The summed E-state index contributed by atoms with van der Waals surface area (Å²) in [5.74, 6) is 2.27. The van der Waals surface area contributed by atoms with E-state index in [1.165, 1.54) is 17.6 Å². The topological polar surface area (TPSA) is 55.8 Å². The Morgan fingerprint density at radius 3 is 2.61 bits per heavy atom. The molecule has 1 spiro atoms. The number of rotatable bonds is 0. The van der Waals surface area contributed by atoms with E-state index in [0.717, 1.165) is 51.6 Å². The van der Waals surface area contributed by atoms with Gasteiger partial charge in [0.2, 0.25) is 0 Å². The van der Waals surface area contributed by atoms with Crippen LogP contribution in [0.2, 0.25) is 0 Å². The normalized spacial score (nSPS) is 56.3. The Morgan fingerprint density at radius 1 is 1.06 bits per heavy atom. The molecule has 0 aromatic rings. The van der Waals surface area contributed by atoms with Gasteiger partial charge in [0.25, 0.3) is 0 Å². The van der Waals surface area contributed by atoms with E-state index in [1.54, 1.807) is 0 Å². The van der Waals surface area contributed by atoms with Gasteiger partial charge in [-0.1, -0.05) is 33.3 Å². The molecule has 4 fully saturated rings. The zero-order chi connectivity index (χ0) is 21.8. The van der Waals surface area contributed by atoms with Crippen LogP contribution in [0.1, 0.15) is 85.5 Å². The molecule has 4 heteroatoms. The second-order valence-electron chi connectivity index (χ2n) is 12.6. The van der Waals surface area contributed by atoms with Crippen LogP contribution in [0.3, 0.4) is 0 Å². The van der Waals surface area contributed by atoms with Crippen LogP contribution in [0, 0.1) is 40.4 Å². The number of carbonyl (C=O) groups excluding carboxylic acids is 1. The van der Waals surface area contributed by atoms with Crippen molar-refractivity contribution in [3.63, 3.8) is 0 Å². The fourth-order valence-electron chi connectivity index (χ4n) is 9.32. The molecule has 0 bridgehead atoms. The van der Waals surface area contributed by atoms with Crippen LogP contribution in [0.25, 0.3) is 0 Å². The number of aliphatic hydroxyl groups is 1. The first kappa shape index (κ1) is 20.9. The number of fused-ring (bicyclic) bond motifs is 6. The Bertz CT molecular complexity index is 823. The summed E-state index contributed by atoms with van der Waals surface area (Å²) in [7, 11) is 0. The average Bonchev–Trinajstić information content (AvgIpc) is 3.15. The van der Waals surface area contributed by atoms with Crippen molar-refractivity contribution >= 4 is 5.78 Å². The third-order valence-corrected chi connectivity index (χ3v) is 11.0. The Morgan fingerprint density at radius 2 is 1.87 bits per heavy atom. The van der Waals surface area contributed by atoms with Crippen molar-refractivity contribution in [1.29, 1.82) is 0 Å². The molecule has 10 atom stereocenters. The third-order valence-electron chi connectivity index (χ3n) is 11.0. The lowest BCUT2D eigenvalue weighted by molar-refractivity contribution is -0.271. The molecule has 0 aromatic carbocycles. The Balaban J connectivity index is 1.35. The Kier molecular flexibility index (Phi) is 4.49. The predicted molar refractivity (Wildman–Crippen MR) is 118 cm³/mol. The molecule has 2 saturated carbocycles. The second-order valence-corrected chi connectivity index (χ2v) is 12.6. The first-order chi connectivity index (χ1) is 14.7. The van der Waals surface area contributed by atoms with Gasteiger partial charge < -0.3 is 14.6 Å². The van der Waals surface area contributed by atoms with E-state index in [0.29, 0.717) is 41.8 Å². The van der Waals surface area contributed by atoms with Gasteiger partial charge in [-0.25, -0.2) is 0 Å². The molecule has 172 valence electrons. The second kappa shape index (κ2) is 6.67. The highest BCUT2D eigenvalue weighted by atomic mass is 16.7. The number of hydrogen-bond acceptors (Lipinski definition) is 4. The molecule has 6 aliphatic rings. The van der Waals surface area contributed by atoms with Gasteiger partial charge in [0.1, 0.15) is 0 Å². The highest BCUT2D eigenvalue weighted by molar-refractivity contribution is 5.99. The largest absolute Gasteiger partial charge is 0.393 e. The highest BCUT2D eigenvalue weighted by Gasteiger charge is 2.68. The van der Waals surface area contributed by atoms with Crippen molar-refractivity contribution in [3.8, 4) is 0 Å². The number of ether oxygens (including phenoxy) is 2. The van der Waals surface area contributed by atoms with Crippen LogP contribution in [-0.4, -0.2) is 35.5 Å². The van der Waals surface area contributed by atoms with Crippen LogP contribution in [0.4, 0.5) is 0 Å². The SMILES string of the molecule is CC1CC[C@@]2(OC1)O[C@H]1C[C@H]3C4=C(C(=O)C[C@]3(C)[C@H]1[C@@H]2C)[C@@]1(C)CCC(O)CC1CC4. The van der Waals surface area contributed by atoms with Crippen molar-refractivity contribution in [2.75, 3.05) is 6.61 Å². The molecule has 3 unspecified atom stereocenters. The van der Waals surface area contributed by atoms with Crippen LogP contribution in [-0.2, 0) is 14.3 Å². The van der Waals surface area contributed by atoms with Crippen molar-refractivity contribution in [2.24, 2.45) is 40.4 Å². The lowest BCUT2D eigenvalue weighted by Gasteiger charge is -2.54. The maximum Gasteiger partial charge on any atom is 0.171 e. The molecule has 2 saturated heterocycles. The quantitative estimate of drug-likeness (QED) is 0.587. The number of Topliss-reactive ketones (excluding diaryl/α,β-unsaturated/α-hetero) is 1. The van der Waals surface area contributed by atoms with Gasteiger partial charge in [-0.2, -0.15) is 0 Å². The van der Waals surface area contributed by atoms with Crippen LogP contribution >= 0.6 is 0 Å². The summed E-state index contributed by atoms with van der Waals surface area (Å²) in [6.07, 6.45) is 8.76. The van der Waals surface area contributed by atoms with E-state index >= 15 is 0 Å². The van der Waals surface area contributed by atoms with Crippen LogP contribution < -0.4 is 0 Å². The molecule has 31 heavy (non-hydrogen) atoms. The molecule has 0 amide bonds. The minimum atomic E-state index is -0.420. The van der Waals surface area contributed by atoms with Crippen molar-refractivity contribution in [1.82, 2.24) is 0 Å². The summed E-state index contributed by atoms with van der Waals surface area (Å²) in [6.45, 7) is 10.1. The summed E-state index contributed by atoms with van der Waals surface area (Å²) in [4.78, 5) is 13.8. The molecule has 1 N–H and O–H groups in total. The maximum atomic E-state index is 13.8. The molecule has 0 aromatic heterocycles. The van der Waals surface area contributed by atoms with Gasteiger partial charge in [0.15, 0.2) is 11.6 Å². The third kappa shape index (κ3) is 2.68. The van der Waals surface area contributed by atoms with E-state index in [1.807, 2.05) is 0 Å². The number of aliphatic hydroxyl groups excluding tert-OH is 1. The molecule has 2 heterocycles. The summed E-state index contributed by atoms with van der Waals surface area (Å²) >= 11 is 0. The first-order valence-corrected chi connectivity index (χ1v) is 12.9. The fourth-order valence-corrected chi connectivity index (χ4v) is 9.32. The van der Waals surface area contributed by atoms with Gasteiger partial charge in [-0.3, -0.25) is 4.79 Å². The lowest BCUT2D eigenvalue weighted by Crippen LogP contribution is -2.50. The highest BCUT2D eigenvalue weighted by Crippen LogP contribution is 2.68. The number of carbonyl (C=O) groups is 1. The van der Waals surface area contributed by atoms with E-state index in [4.69, 9.17) is 9.47 Å². The maximum absolute atomic E-state index is 13.8. The Labute approximate surface area is 187 Å². The summed E-state index contributed by atoms with van der Waals surface area (Å²) < 4.78 is 13.2. The van der Waals surface area contributed by atoms with Gasteiger partial charge in [0.05, 0.1) is 18.8 Å². The van der Waals surface area contributed by atoms with E-state index in [2.05, 4.69) is 27.7 Å². The monoisotopic (exact) mass is 428 g/mol. The van der Waals surface area contributed by atoms with Gasteiger partial charge in [-0.15, -0.1) is 0 Å². The predicted octanol–water partition coefficient (Wildman–Crippen LogP) is 5.04. The average molecular weight is 429 g/mol. The lowest BCUT2D eigenvalue weighted by atomic mass is 9.50. The molecular weight excluding hydrogens is 388 g/mol. The van der Waals surface area contributed by atoms with E-state index < -0.39 is 5.79 Å². The first-order valence-electron chi connectivity index (χ1n) is 12.9. The zero-order valence-corrected chi connectivity index (χ0v) is 19.8. The van der Waals surface area contributed by atoms with Crippen molar-refractivity contribution in [3.05, 3.63) is 11.1 Å². The molecule has 4 nitrogen and oxygen atoms in total. The number of allylic oxidation sites excluding steroid dienone is 2. The minimum absolute atomic E-state index is 0.00665. The fraction of sp³-hybridized carbons (Fsp3) is 0.889. The van der Waals surface area contributed by atoms with Crippen molar-refractivity contribution < 1.29 is 19.4 Å². The summed E-state index contributed by atoms with van der Waals surface area (Å²) in [6, 6.07) is 0. The minimum Gasteiger partial charge on any atom is -0.393 e. The Hall–Kier alpha value is -0.710. The number of hydrogen-bond donors (Lipinski definition) is 1. The molecular formula is C27H40O4. The smallest absolute Gasteiger partial charge is 0.171 e. The van der Waals surface area contributed by atoms with E-state index in [-0.39, 0.29) is 23.0 Å². The van der Waals surface area contributed by atoms with Gasteiger partial charge in [0, 0.05) is 24.3 Å². The summed E-state index contributed by atoms with van der Waals surface area (Å²) in [5.41, 5.74) is 2.63.